The standard InChI is InChI=1S/C16H16FNO/c1-12(19)18-11-15-4-2-3-14(10-15)9-13-5-7-16(17)8-6-13/h2-8,10H,9,11H2,1H3,(H,18,19). The molecule has 19 heavy (non-hydrogen) atoms. The molecule has 1 amide bonds. The third-order valence-corrected chi connectivity index (χ3v) is 2.85. The van der Waals surface area contributed by atoms with Gasteiger partial charge in [-0.15, -0.1) is 0 Å². The molecule has 0 aliphatic rings. The number of halogens is 1. The Kier molecular flexibility index (Phi) is 4.29. The van der Waals surface area contributed by atoms with Crippen LogP contribution < -0.4 is 5.32 Å². The van der Waals surface area contributed by atoms with Crippen LogP contribution in [0.15, 0.2) is 48.5 Å². The zero-order chi connectivity index (χ0) is 13.7. The van der Waals surface area contributed by atoms with Crippen LogP contribution in [0.5, 0.6) is 0 Å². The van der Waals surface area contributed by atoms with E-state index in [1.54, 1.807) is 12.1 Å². The fourth-order valence-electron chi connectivity index (χ4n) is 1.91. The number of amides is 1. The Morgan fingerprint density at radius 2 is 1.74 bits per heavy atom. The second-order valence-electron chi connectivity index (χ2n) is 4.53. The first-order chi connectivity index (χ1) is 9.13. The van der Waals surface area contributed by atoms with Gasteiger partial charge in [0, 0.05) is 13.5 Å². The van der Waals surface area contributed by atoms with Crippen molar-refractivity contribution in [3.8, 4) is 0 Å². The SMILES string of the molecule is CC(=O)NCc1cccc(Cc2ccc(F)cc2)c1. The third kappa shape index (κ3) is 4.21. The fourth-order valence-corrected chi connectivity index (χ4v) is 1.91. The molecule has 0 saturated heterocycles. The van der Waals surface area contributed by atoms with Crippen LogP contribution in [0, 0.1) is 5.82 Å². The summed E-state index contributed by atoms with van der Waals surface area (Å²) < 4.78 is 12.8. The smallest absolute Gasteiger partial charge is 0.217 e. The Labute approximate surface area is 112 Å². The molecular formula is C16H16FNO. The van der Waals surface area contributed by atoms with Crippen LogP contribution in [0.3, 0.4) is 0 Å². The van der Waals surface area contributed by atoms with Crippen LogP contribution in [0.4, 0.5) is 4.39 Å². The number of rotatable bonds is 4. The van der Waals surface area contributed by atoms with Crippen LogP contribution in [0.1, 0.15) is 23.6 Å². The van der Waals surface area contributed by atoms with Gasteiger partial charge in [0.1, 0.15) is 5.82 Å². The van der Waals surface area contributed by atoms with Gasteiger partial charge >= 0.3 is 0 Å². The quantitative estimate of drug-likeness (QED) is 0.896. The van der Waals surface area contributed by atoms with Gasteiger partial charge in [0.25, 0.3) is 0 Å². The zero-order valence-corrected chi connectivity index (χ0v) is 10.8. The first-order valence-corrected chi connectivity index (χ1v) is 6.20. The molecule has 0 aromatic heterocycles. The molecule has 0 spiro atoms. The van der Waals surface area contributed by atoms with Crippen molar-refractivity contribution in [2.75, 3.05) is 0 Å². The Balaban J connectivity index is 2.06. The number of nitrogens with one attached hydrogen (secondary N) is 1. The van der Waals surface area contributed by atoms with E-state index < -0.39 is 0 Å². The molecule has 2 nitrogen and oxygen atoms in total. The Hall–Kier alpha value is -2.16. The number of carbonyl (C=O) groups excluding carboxylic acids is 1. The second kappa shape index (κ2) is 6.14. The first-order valence-electron chi connectivity index (χ1n) is 6.20. The van der Waals surface area contributed by atoms with Gasteiger partial charge in [-0.3, -0.25) is 4.79 Å². The van der Waals surface area contributed by atoms with Crippen LogP contribution >= 0.6 is 0 Å². The highest BCUT2D eigenvalue weighted by molar-refractivity contribution is 5.72. The van der Waals surface area contributed by atoms with Crippen LogP contribution in [-0.4, -0.2) is 5.91 Å². The largest absolute Gasteiger partial charge is 0.352 e. The Bertz CT molecular complexity index is 563. The van der Waals surface area contributed by atoms with Crippen molar-refractivity contribution < 1.29 is 9.18 Å². The number of hydrogen-bond donors (Lipinski definition) is 1. The van der Waals surface area contributed by atoms with Gasteiger partial charge in [-0.2, -0.15) is 0 Å². The molecule has 2 aromatic rings. The normalized spacial score (nSPS) is 10.2. The minimum absolute atomic E-state index is 0.0380. The topological polar surface area (TPSA) is 29.1 Å². The number of carbonyl (C=O) groups is 1. The number of hydrogen-bond acceptors (Lipinski definition) is 1. The lowest BCUT2D eigenvalue weighted by Gasteiger charge is -2.06. The average Bonchev–Trinajstić information content (AvgIpc) is 2.40. The second-order valence-corrected chi connectivity index (χ2v) is 4.53. The van der Waals surface area contributed by atoms with Crippen molar-refractivity contribution in [3.63, 3.8) is 0 Å². The molecule has 98 valence electrons. The maximum absolute atomic E-state index is 12.8. The van der Waals surface area contributed by atoms with Gasteiger partial charge in [0.2, 0.25) is 5.91 Å². The van der Waals surface area contributed by atoms with Crippen molar-refractivity contribution in [2.45, 2.75) is 19.9 Å². The van der Waals surface area contributed by atoms with E-state index in [2.05, 4.69) is 11.4 Å². The summed E-state index contributed by atoms with van der Waals surface area (Å²) in [5, 5.41) is 2.77. The van der Waals surface area contributed by atoms with Gasteiger partial charge in [0.05, 0.1) is 0 Å². The number of benzene rings is 2. The predicted octanol–water partition coefficient (Wildman–Crippen LogP) is 3.05. The van der Waals surface area contributed by atoms with Crippen molar-refractivity contribution >= 4 is 5.91 Å². The van der Waals surface area contributed by atoms with Crippen LogP contribution in [0.25, 0.3) is 0 Å². The van der Waals surface area contributed by atoms with Gasteiger partial charge in [0.15, 0.2) is 0 Å². The summed E-state index contributed by atoms with van der Waals surface area (Å²) >= 11 is 0. The fraction of sp³-hybridized carbons (Fsp3) is 0.188. The van der Waals surface area contributed by atoms with E-state index in [9.17, 15) is 9.18 Å². The van der Waals surface area contributed by atoms with E-state index in [1.807, 2.05) is 18.2 Å². The minimum Gasteiger partial charge on any atom is -0.352 e. The van der Waals surface area contributed by atoms with Crippen LogP contribution in [-0.2, 0) is 17.8 Å². The summed E-state index contributed by atoms with van der Waals surface area (Å²) in [7, 11) is 0. The lowest BCUT2D eigenvalue weighted by atomic mass is 10.0. The van der Waals surface area contributed by atoms with Crippen molar-refractivity contribution in [1.29, 1.82) is 0 Å². The van der Waals surface area contributed by atoms with E-state index >= 15 is 0 Å². The predicted molar refractivity (Wildman–Crippen MR) is 73.2 cm³/mol. The summed E-state index contributed by atoms with van der Waals surface area (Å²) in [6.07, 6.45) is 0.758. The molecule has 2 aromatic carbocycles. The van der Waals surface area contributed by atoms with Gasteiger partial charge < -0.3 is 5.32 Å². The Morgan fingerprint density at radius 1 is 1.05 bits per heavy atom. The van der Waals surface area contributed by atoms with E-state index in [0.717, 1.165) is 23.1 Å². The maximum atomic E-state index is 12.8. The van der Waals surface area contributed by atoms with E-state index in [1.165, 1.54) is 19.1 Å². The van der Waals surface area contributed by atoms with Crippen molar-refractivity contribution in [2.24, 2.45) is 0 Å². The summed E-state index contributed by atoms with van der Waals surface area (Å²) in [6, 6.07) is 14.5. The molecule has 0 bridgehead atoms. The summed E-state index contributed by atoms with van der Waals surface area (Å²) in [4.78, 5) is 10.9. The third-order valence-electron chi connectivity index (χ3n) is 2.85. The molecule has 1 N–H and O–H groups in total. The Morgan fingerprint density at radius 3 is 2.42 bits per heavy atom. The molecule has 0 radical (unpaired) electrons. The molecule has 0 aliphatic carbocycles. The molecule has 0 aliphatic heterocycles. The molecule has 0 fully saturated rings. The average molecular weight is 257 g/mol. The molecule has 0 heterocycles. The molecule has 0 atom stereocenters. The van der Waals surface area contributed by atoms with E-state index in [0.29, 0.717) is 6.54 Å². The molecular weight excluding hydrogens is 241 g/mol. The summed E-state index contributed by atoms with van der Waals surface area (Å²) in [5.74, 6) is -0.257. The lowest BCUT2D eigenvalue weighted by molar-refractivity contribution is -0.119. The van der Waals surface area contributed by atoms with Gasteiger partial charge in [-0.25, -0.2) is 4.39 Å². The molecule has 3 heteroatoms. The minimum atomic E-state index is -0.219. The van der Waals surface area contributed by atoms with Gasteiger partial charge in [-0.05, 0) is 35.2 Å². The highest BCUT2D eigenvalue weighted by Gasteiger charge is 2.00. The maximum Gasteiger partial charge on any atom is 0.217 e. The molecule has 0 saturated carbocycles. The van der Waals surface area contributed by atoms with Crippen molar-refractivity contribution in [3.05, 3.63) is 71.0 Å². The zero-order valence-electron chi connectivity index (χ0n) is 10.8. The summed E-state index contributed by atoms with van der Waals surface area (Å²) in [5.41, 5.74) is 3.28. The monoisotopic (exact) mass is 257 g/mol. The van der Waals surface area contributed by atoms with E-state index in [4.69, 9.17) is 0 Å². The van der Waals surface area contributed by atoms with Crippen LogP contribution in [0.2, 0.25) is 0 Å². The lowest BCUT2D eigenvalue weighted by Crippen LogP contribution is -2.18. The molecule has 2 rings (SSSR count). The van der Waals surface area contributed by atoms with Gasteiger partial charge in [-0.1, -0.05) is 36.4 Å². The highest BCUT2D eigenvalue weighted by Crippen LogP contribution is 2.12. The summed E-state index contributed by atoms with van der Waals surface area (Å²) in [6.45, 7) is 2.04. The molecule has 0 unspecified atom stereocenters. The van der Waals surface area contributed by atoms with E-state index in [-0.39, 0.29) is 11.7 Å². The van der Waals surface area contributed by atoms with Crippen molar-refractivity contribution in [1.82, 2.24) is 5.32 Å². The highest BCUT2D eigenvalue weighted by atomic mass is 19.1. The first kappa shape index (κ1) is 13.3.